The van der Waals surface area contributed by atoms with Crippen molar-refractivity contribution in [3.8, 4) is 0 Å². The van der Waals surface area contributed by atoms with E-state index in [1.807, 2.05) is 11.8 Å². The molecule has 2 saturated heterocycles. The molecule has 0 unspecified atom stereocenters. The number of H-pyrrole nitrogens is 1. The predicted octanol–water partition coefficient (Wildman–Crippen LogP) is 3.37. The molecule has 2 aliphatic heterocycles. The molecule has 0 aliphatic carbocycles. The van der Waals surface area contributed by atoms with E-state index in [1.165, 1.54) is 12.0 Å². The van der Waals surface area contributed by atoms with Crippen LogP contribution in [0.4, 0.5) is 0 Å². The van der Waals surface area contributed by atoms with E-state index in [9.17, 15) is 4.79 Å². The van der Waals surface area contributed by atoms with E-state index < -0.39 is 0 Å². The number of amides is 1. The molecule has 4 rings (SSSR count). The lowest BCUT2D eigenvalue weighted by Gasteiger charge is -2.43. The molecule has 2 aromatic rings. The molecule has 1 amide bonds. The van der Waals surface area contributed by atoms with Crippen LogP contribution >= 0.6 is 0 Å². The fourth-order valence-electron chi connectivity index (χ4n) is 5.00. The Morgan fingerprint density at radius 2 is 1.96 bits per heavy atom. The van der Waals surface area contributed by atoms with Gasteiger partial charge in [-0.2, -0.15) is 5.10 Å². The van der Waals surface area contributed by atoms with Crippen molar-refractivity contribution in [3.05, 3.63) is 52.8 Å². The number of nitrogens with one attached hydrogen (secondary N) is 1. The van der Waals surface area contributed by atoms with Gasteiger partial charge in [0.2, 0.25) is 0 Å². The maximum atomic E-state index is 13.0. The number of hydrogen-bond acceptors (Lipinski definition) is 3. The van der Waals surface area contributed by atoms with Gasteiger partial charge in [0.15, 0.2) is 5.69 Å². The van der Waals surface area contributed by atoms with Crippen LogP contribution in [-0.2, 0) is 6.42 Å². The number of nitrogens with zero attached hydrogens (tertiary/aromatic N) is 3. The van der Waals surface area contributed by atoms with Crippen LogP contribution in [0.1, 0.15) is 59.4 Å². The number of aromatic nitrogens is 2. The van der Waals surface area contributed by atoms with Gasteiger partial charge < -0.3 is 4.90 Å². The monoisotopic (exact) mass is 366 g/mol. The minimum atomic E-state index is 0.0820. The minimum Gasteiger partial charge on any atom is -0.337 e. The quantitative estimate of drug-likeness (QED) is 0.906. The molecule has 0 bridgehead atoms. The van der Waals surface area contributed by atoms with Crippen LogP contribution in [0.2, 0.25) is 0 Å². The minimum absolute atomic E-state index is 0.0820. The van der Waals surface area contributed by atoms with E-state index in [4.69, 9.17) is 0 Å². The van der Waals surface area contributed by atoms with Crippen LogP contribution in [0, 0.1) is 6.92 Å². The van der Waals surface area contributed by atoms with Crippen molar-refractivity contribution in [3.63, 3.8) is 0 Å². The van der Waals surface area contributed by atoms with Gasteiger partial charge in [-0.15, -0.1) is 0 Å². The summed E-state index contributed by atoms with van der Waals surface area (Å²) < 4.78 is 0. The summed E-state index contributed by atoms with van der Waals surface area (Å²) in [5.74, 6) is 0.678. The Kier molecular flexibility index (Phi) is 4.81. The van der Waals surface area contributed by atoms with Crippen LogP contribution in [0.5, 0.6) is 0 Å². The van der Waals surface area contributed by atoms with E-state index in [-0.39, 0.29) is 11.4 Å². The van der Waals surface area contributed by atoms with Crippen molar-refractivity contribution in [2.75, 3.05) is 26.7 Å². The summed E-state index contributed by atoms with van der Waals surface area (Å²) in [5.41, 5.74) is 4.34. The molecule has 5 heteroatoms. The molecular formula is C22H30N4O. The second-order valence-corrected chi connectivity index (χ2v) is 8.24. The molecular weight excluding hydrogens is 336 g/mol. The molecule has 144 valence electrons. The molecule has 0 radical (unpaired) electrons. The van der Waals surface area contributed by atoms with E-state index in [1.54, 1.807) is 0 Å². The van der Waals surface area contributed by atoms with Gasteiger partial charge in [0.25, 0.3) is 5.91 Å². The zero-order chi connectivity index (χ0) is 19.0. The lowest BCUT2D eigenvalue weighted by Crippen LogP contribution is -2.52. The van der Waals surface area contributed by atoms with Gasteiger partial charge in [0.1, 0.15) is 0 Å². The topological polar surface area (TPSA) is 52.2 Å². The number of likely N-dealkylation sites (tertiary alicyclic amines) is 2. The molecule has 1 spiro atoms. The fraction of sp³-hybridized carbons (Fsp3) is 0.545. The van der Waals surface area contributed by atoms with E-state index in [0.717, 1.165) is 50.2 Å². The SMILES string of the molecule is CCc1[nH]nc(C(=O)N2CCC3(CC2)C[C@H](c2ccccc2)CN3C)c1C. The Bertz CT molecular complexity index is 805. The smallest absolute Gasteiger partial charge is 0.274 e. The van der Waals surface area contributed by atoms with Crippen molar-refractivity contribution < 1.29 is 4.79 Å². The van der Waals surface area contributed by atoms with Crippen molar-refractivity contribution in [2.45, 2.75) is 51.0 Å². The van der Waals surface area contributed by atoms with E-state index >= 15 is 0 Å². The third-order valence-corrected chi connectivity index (χ3v) is 6.85. The maximum Gasteiger partial charge on any atom is 0.274 e. The fourth-order valence-corrected chi connectivity index (χ4v) is 5.00. The first-order valence-corrected chi connectivity index (χ1v) is 10.1. The normalized spacial score (nSPS) is 22.5. The molecule has 1 N–H and O–H groups in total. The second kappa shape index (κ2) is 7.12. The third kappa shape index (κ3) is 3.18. The number of rotatable bonds is 3. The number of benzene rings is 1. The molecule has 3 heterocycles. The van der Waals surface area contributed by atoms with Crippen molar-refractivity contribution in [1.82, 2.24) is 20.0 Å². The summed E-state index contributed by atoms with van der Waals surface area (Å²) in [6.45, 7) is 6.82. The highest BCUT2D eigenvalue weighted by Gasteiger charge is 2.46. The summed E-state index contributed by atoms with van der Waals surface area (Å²) in [6, 6.07) is 10.9. The number of carbonyl (C=O) groups excluding carboxylic acids is 1. The molecule has 2 aliphatic rings. The van der Waals surface area contributed by atoms with Gasteiger partial charge >= 0.3 is 0 Å². The van der Waals surface area contributed by atoms with Gasteiger partial charge in [-0.1, -0.05) is 37.3 Å². The van der Waals surface area contributed by atoms with Crippen LogP contribution in [-0.4, -0.2) is 58.1 Å². The van der Waals surface area contributed by atoms with Gasteiger partial charge in [-0.3, -0.25) is 14.8 Å². The summed E-state index contributed by atoms with van der Waals surface area (Å²) in [6.07, 6.45) is 4.16. The van der Waals surface area contributed by atoms with Crippen molar-refractivity contribution in [1.29, 1.82) is 0 Å². The summed E-state index contributed by atoms with van der Waals surface area (Å²) in [5, 5.41) is 7.31. The first kappa shape index (κ1) is 18.2. The van der Waals surface area contributed by atoms with E-state index in [2.05, 4.69) is 59.4 Å². The highest BCUT2D eigenvalue weighted by molar-refractivity contribution is 5.94. The number of aromatic amines is 1. The van der Waals surface area contributed by atoms with Crippen LogP contribution in [0.25, 0.3) is 0 Å². The Morgan fingerprint density at radius 1 is 1.26 bits per heavy atom. The third-order valence-electron chi connectivity index (χ3n) is 6.85. The van der Waals surface area contributed by atoms with Crippen LogP contribution in [0.15, 0.2) is 30.3 Å². The van der Waals surface area contributed by atoms with Gasteiger partial charge in [-0.05, 0) is 51.1 Å². The number of likely N-dealkylation sites (N-methyl/N-ethyl adjacent to an activating group) is 1. The molecule has 2 fully saturated rings. The number of hydrogen-bond donors (Lipinski definition) is 1. The average Bonchev–Trinajstić information content (AvgIpc) is 3.23. The Balaban J connectivity index is 1.44. The highest BCUT2D eigenvalue weighted by Crippen LogP contribution is 2.44. The summed E-state index contributed by atoms with van der Waals surface area (Å²) in [7, 11) is 2.26. The first-order chi connectivity index (χ1) is 13.0. The second-order valence-electron chi connectivity index (χ2n) is 8.24. The van der Waals surface area contributed by atoms with Gasteiger partial charge in [0.05, 0.1) is 0 Å². The standard InChI is InChI=1S/C22H30N4O/c1-4-19-16(2)20(24-23-19)21(27)26-12-10-22(11-13-26)14-18(15-25(22)3)17-8-6-5-7-9-17/h5-9,18H,4,10-15H2,1-3H3,(H,23,24)/t18-/m0/s1. The zero-order valence-corrected chi connectivity index (χ0v) is 16.7. The first-order valence-electron chi connectivity index (χ1n) is 10.1. The van der Waals surface area contributed by atoms with Gasteiger partial charge in [0, 0.05) is 36.4 Å². The number of piperidine rings is 1. The average molecular weight is 367 g/mol. The molecule has 1 atom stereocenters. The Hall–Kier alpha value is -2.14. The Labute approximate surface area is 161 Å². The maximum absolute atomic E-state index is 13.0. The lowest BCUT2D eigenvalue weighted by atomic mass is 9.81. The zero-order valence-electron chi connectivity index (χ0n) is 16.7. The molecule has 0 saturated carbocycles. The van der Waals surface area contributed by atoms with Crippen LogP contribution in [0.3, 0.4) is 0 Å². The molecule has 5 nitrogen and oxygen atoms in total. The van der Waals surface area contributed by atoms with Gasteiger partial charge in [-0.25, -0.2) is 0 Å². The van der Waals surface area contributed by atoms with Crippen molar-refractivity contribution in [2.24, 2.45) is 0 Å². The molecule has 1 aromatic carbocycles. The highest BCUT2D eigenvalue weighted by atomic mass is 16.2. The summed E-state index contributed by atoms with van der Waals surface area (Å²) in [4.78, 5) is 17.5. The van der Waals surface area contributed by atoms with Crippen molar-refractivity contribution >= 4 is 5.91 Å². The summed E-state index contributed by atoms with van der Waals surface area (Å²) >= 11 is 0. The predicted molar refractivity (Wildman–Crippen MR) is 107 cm³/mol. The molecule has 1 aromatic heterocycles. The molecule has 27 heavy (non-hydrogen) atoms. The van der Waals surface area contributed by atoms with Crippen LogP contribution < -0.4 is 0 Å². The number of aryl methyl sites for hydroxylation is 1. The Morgan fingerprint density at radius 3 is 2.59 bits per heavy atom. The largest absolute Gasteiger partial charge is 0.337 e. The number of carbonyl (C=O) groups is 1. The lowest BCUT2D eigenvalue weighted by molar-refractivity contribution is 0.0487. The van der Waals surface area contributed by atoms with E-state index in [0.29, 0.717) is 11.6 Å².